The molecule has 1 aromatic rings. The summed E-state index contributed by atoms with van der Waals surface area (Å²) < 4.78 is 18.0. The number of rotatable bonds is 3. The molecule has 0 aromatic heterocycles. The Morgan fingerprint density at radius 1 is 1.64 bits per heavy atom. The van der Waals surface area contributed by atoms with Gasteiger partial charge in [-0.3, -0.25) is 4.79 Å². The predicted octanol–water partition coefficient (Wildman–Crippen LogP) is 1.93. The van der Waals surface area contributed by atoms with Crippen LogP contribution in [0.5, 0.6) is 5.75 Å². The van der Waals surface area contributed by atoms with Crippen molar-refractivity contribution in [2.24, 2.45) is 0 Å². The van der Waals surface area contributed by atoms with Gasteiger partial charge in [-0.1, -0.05) is 6.07 Å². The molecule has 0 radical (unpaired) electrons. The SMILES string of the molecule is COc1cccc(F)c1C(=O)CC#N. The molecule has 3 nitrogen and oxygen atoms in total. The van der Waals surface area contributed by atoms with Gasteiger partial charge in [0.25, 0.3) is 0 Å². The number of ether oxygens (including phenoxy) is 1. The lowest BCUT2D eigenvalue weighted by atomic mass is 10.1. The van der Waals surface area contributed by atoms with E-state index in [9.17, 15) is 9.18 Å². The number of nitrogens with zero attached hydrogens (tertiary/aromatic N) is 1. The summed E-state index contributed by atoms with van der Waals surface area (Å²) >= 11 is 0. The van der Waals surface area contributed by atoms with Gasteiger partial charge >= 0.3 is 0 Å². The largest absolute Gasteiger partial charge is 0.496 e. The summed E-state index contributed by atoms with van der Waals surface area (Å²) in [6.45, 7) is 0. The maximum Gasteiger partial charge on any atom is 0.183 e. The maximum atomic E-state index is 13.2. The number of hydrogen-bond acceptors (Lipinski definition) is 3. The normalized spacial score (nSPS) is 9.21. The first-order valence-electron chi connectivity index (χ1n) is 3.93. The molecule has 4 heteroatoms. The Labute approximate surface area is 80.7 Å². The van der Waals surface area contributed by atoms with Crippen LogP contribution in [0.4, 0.5) is 4.39 Å². The van der Waals surface area contributed by atoms with E-state index in [4.69, 9.17) is 10.00 Å². The highest BCUT2D eigenvalue weighted by Gasteiger charge is 2.16. The van der Waals surface area contributed by atoms with Gasteiger partial charge in [-0.25, -0.2) is 4.39 Å². The van der Waals surface area contributed by atoms with E-state index in [1.807, 2.05) is 0 Å². The van der Waals surface area contributed by atoms with Crippen molar-refractivity contribution in [1.82, 2.24) is 0 Å². The summed E-state index contributed by atoms with van der Waals surface area (Å²) in [5.74, 6) is -1.07. The highest BCUT2D eigenvalue weighted by atomic mass is 19.1. The average molecular weight is 193 g/mol. The highest BCUT2D eigenvalue weighted by molar-refractivity contribution is 6.00. The van der Waals surface area contributed by atoms with Crippen molar-refractivity contribution < 1.29 is 13.9 Å². The summed E-state index contributed by atoms with van der Waals surface area (Å²) in [6, 6.07) is 5.75. The van der Waals surface area contributed by atoms with Gasteiger partial charge in [-0.05, 0) is 12.1 Å². The summed E-state index contributed by atoms with van der Waals surface area (Å²) in [6.07, 6.45) is -0.350. The van der Waals surface area contributed by atoms with Crippen LogP contribution in [0.25, 0.3) is 0 Å². The van der Waals surface area contributed by atoms with Crippen molar-refractivity contribution in [3.8, 4) is 11.8 Å². The van der Waals surface area contributed by atoms with Gasteiger partial charge in [0.2, 0.25) is 0 Å². The van der Waals surface area contributed by atoms with Crippen LogP contribution < -0.4 is 4.74 Å². The van der Waals surface area contributed by atoms with E-state index in [0.29, 0.717) is 0 Å². The second kappa shape index (κ2) is 4.38. The number of methoxy groups -OCH3 is 1. The minimum atomic E-state index is -0.662. The molecule has 0 heterocycles. The second-order valence-electron chi connectivity index (χ2n) is 2.58. The molecule has 0 unspecified atom stereocenters. The zero-order chi connectivity index (χ0) is 10.6. The summed E-state index contributed by atoms with van der Waals surface area (Å²) in [7, 11) is 1.35. The molecule has 0 saturated carbocycles. The van der Waals surface area contributed by atoms with Crippen LogP contribution in [0.15, 0.2) is 18.2 Å². The molecule has 0 aliphatic rings. The molecule has 0 bridgehead atoms. The maximum absolute atomic E-state index is 13.2. The van der Waals surface area contributed by atoms with Gasteiger partial charge in [0, 0.05) is 0 Å². The molecular formula is C10H8FNO2. The number of carbonyl (C=O) groups excluding carboxylic acids is 1. The Morgan fingerprint density at radius 3 is 2.93 bits per heavy atom. The lowest BCUT2D eigenvalue weighted by molar-refractivity contribution is 0.0990. The molecule has 0 fully saturated rings. The van der Waals surface area contributed by atoms with Crippen LogP contribution >= 0.6 is 0 Å². The first-order valence-corrected chi connectivity index (χ1v) is 3.93. The molecule has 1 rings (SSSR count). The lowest BCUT2D eigenvalue weighted by Gasteiger charge is -2.06. The van der Waals surface area contributed by atoms with Crippen molar-refractivity contribution in [3.63, 3.8) is 0 Å². The molecule has 0 aliphatic carbocycles. The summed E-state index contributed by atoms with van der Waals surface area (Å²) in [5, 5.41) is 8.32. The van der Waals surface area contributed by atoms with Crippen molar-refractivity contribution >= 4 is 5.78 Å². The van der Waals surface area contributed by atoms with E-state index in [1.165, 1.54) is 19.2 Å². The zero-order valence-corrected chi connectivity index (χ0v) is 7.58. The monoisotopic (exact) mass is 193 g/mol. The van der Waals surface area contributed by atoms with E-state index < -0.39 is 11.6 Å². The van der Waals surface area contributed by atoms with E-state index in [2.05, 4.69) is 0 Å². The number of carbonyl (C=O) groups is 1. The van der Waals surface area contributed by atoms with Crippen molar-refractivity contribution in [2.45, 2.75) is 6.42 Å². The fraction of sp³-hybridized carbons (Fsp3) is 0.200. The van der Waals surface area contributed by atoms with Crippen molar-refractivity contribution in [2.75, 3.05) is 7.11 Å². The number of hydrogen-bond donors (Lipinski definition) is 0. The van der Waals surface area contributed by atoms with E-state index >= 15 is 0 Å². The molecular weight excluding hydrogens is 185 g/mol. The van der Waals surface area contributed by atoms with Gasteiger partial charge in [0.15, 0.2) is 5.78 Å². The van der Waals surface area contributed by atoms with Gasteiger partial charge in [-0.15, -0.1) is 0 Å². The first-order chi connectivity index (χ1) is 6.70. The molecule has 0 saturated heterocycles. The van der Waals surface area contributed by atoms with Gasteiger partial charge < -0.3 is 4.74 Å². The standard InChI is InChI=1S/C10H8FNO2/c1-14-9-4-2-3-7(11)10(9)8(13)5-6-12/h2-4H,5H2,1H3. The van der Waals surface area contributed by atoms with E-state index in [-0.39, 0.29) is 17.7 Å². The van der Waals surface area contributed by atoms with Gasteiger partial charge in [0.05, 0.1) is 25.2 Å². The quantitative estimate of drug-likeness (QED) is 0.689. The fourth-order valence-corrected chi connectivity index (χ4v) is 1.11. The Bertz CT molecular complexity index is 396. The molecule has 0 amide bonds. The predicted molar refractivity (Wildman–Crippen MR) is 47.5 cm³/mol. The third kappa shape index (κ3) is 1.88. The summed E-state index contributed by atoms with van der Waals surface area (Å²) in [4.78, 5) is 11.3. The van der Waals surface area contributed by atoms with Crippen LogP contribution in [-0.2, 0) is 0 Å². The molecule has 72 valence electrons. The molecule has 1 aromatic carbocycles. The van der Waals surface area contributed by atoms with E-state index in [1.54, 1.807) is 6.07 Å². The van der Waals surface area contributed by atoms with Crippen LogP contribution in [0, 0.1) is 17.1 Å². The summed E-state index contributed by atoms with van der Waals surface area (Å²) in [5.41, 5.74) is -0.156. The highest BCUT2D eigenvalue weighted by Crippen LogP contribution is 2.22. The smallest absolute Gasteiger partial charge is 0.183 e. The number of halogens is 1. The fourth-order valence-electron chi connectivity index (χ4n) is 1.11. The molecule has 14 heavy (non-hydrogen) atoms. The number of Topliss-reactive ketones (excluding diaryl/α,β-unsaturated/α-hetero) is 1. The topological polar surface area (TPSA) is 50.1 Å². The molecule has 0 spiro atoms. The first kappa shape index (κ1) is 10.2. The van der Waals surface area contributed by atoms with Crippen molar-refractivity contribution in [3.05, 3.63) is 29.6 Å². The Morgan fingerprint density at radius 2 is 2.36 bits per heavy atom. The molecule has 0 N–H and O–H groups in total. The van der Waals surface area contributed by atoms with Crippen LogP contribution in [0.2, 0.25) is 0 Å². The number of ketones is 1. The lowest BCUT2D eigenvalue weighted by Crippen LogP contribution is -2.04. The van der Waals surface area contributed by atoms with Gasteiger partial charge in [0.1, 0.15) is 11.6 Å². The minimum absolute atomic E-state index is 0.156. The minimum Gasteiger partial charge on any atom is -0.496 e. The van der Waals surface area contributed by atoms with Crippen molar-refractivity contribution in [1.29, 1.82) is 5.26 Å². The zero-order valence-electron chi connectivity index (χ0n) is 7.58. The molecule has 0 aliphatic heterocycles. The average Bonchev–Trinajstić information content (AvgIpc) is 2.17. The third-order valence-corrected chi connectivity index (χ3v) is 1.71. The van der Waals surface area contributed by atoms with Crippen LogP contribution in [-0.4, -0.2) is 12.9 Å². The third-order valence-electron chi connectivity index (χ3n) is 1.71. The second-order valence-corrected chi connectivity index (χ2v) is 2.58. The Balaban J connectivity index is 3.18. The number of benzene rings is 1. The van der Waals surface area contributed by atoms with E-state index in [0.717, 1.165) is 6.07 Å². The Hall–Kier alpha value is -1.89. The Kier molecular flexibility index (Phi) is 3.19. The van der Waals surface area contributed by atoms with Gasteiger partial charge in [-0.2, -0.15) is 5.26 Å². The van der Waals surface area contributed by atoms with Crippen LogP contribution in [0.3, 0.4) is 0 Å². The molecule has 0 atom stereocenters. The number of nitriles is 1. The van der Waals surface area contributed by atoms with Crippen LogP contribution in [0.1, 0.15) is 16.8 Å².